The smallest absolute Gasteiger partial charge is 0.308 e. The molecule has 0 saturated carbocycles. The van der Waals surface area contributed by atoms with Crippen LogP contribution < -0.4 is 18.9 Å². The van der Waals surface area contributed by atoms with Crippen molar-refractivity contribution < 1.29 is 38.1 Å². The molecular weight excluding hydrogens is 380 g/mol. The van der Waals surface area contributed by atoms with Crippen molar-refractivity contribution in [2.75, 3.05) is 0 Å². The Morgan fingerprint density at radius 2 is 0.931 bits per heavy atom. The average Bonchev–Trinajstić information content (AvgIpc) is 2.57. The Balaban J connectivity index is 2.50. The van der Waals surface area contributed by atoms with Gasteiger partial charge >= 0.3 is 23.9 Å². The zero-order valence-corrected chi connectivity index (χ0v) is 16.4. The second-order valence-corrected chi connectivity index (χ2v) is 6.09. The Hall–Kier alpha value is -3.68. The third-order valence-corrected chi connectivity index (χ3v) is 3.48. The van der Waals surface area contributed by atoms with Gasteiger partial charge in [0.2, 0.25) is 0 Å². The minimum Gasteiger partial charge on any atom is -0.427 e. The highest BCUT2D eigenvalue weighted by atomic mass is 16.5. The summed E-state index contributed by atoms with van der Waals surface area (Å²) in [5.74, 6) is -1.05. The van der Waals surface area contributed by atoms with Crippen LogP contribution in [0.5, 0.6) is 23.0 Å². The minimum absolute atomic E-state index is 0.134. The van der Waals surface area contributed by atoms with Crippen molar-refractivity contribution in [2.45, 2.75) is 34.1 Å². The predicted octanol–water partition coefficient (Wildman–Crippen LogP) is 2.98. The van der Waals surface area contributed by atoms with Crippen LogP contribution in [0.25, 0.3) is 0 Å². The molecule has 0 bridgehead atoms. The van der Waals surface area contributed by atoms with Crippen molar-refractivity contribution in [1.29, 1.82) is 0 Å². The molecule has 29 heavy (non-hydrogen) atoms. The van der Waals surface area contributed by atoms with Crippen LogP contribution in [0.3, 0.4) is 0 Å². The van der Waals surface area contributed by atoms with Gasteiger partial charge in [0.05, 0.1) is 0 Å². The van der Waals surface area contributed by atoms with Gasteiger partial charge in [-0.1, -0.05) is 0 Å². The Bertz CT molecular complexity index is 884. The topological polar surface area (TPSA) is 105 Å². The van der Waals surface area contributed by atoms with Gasteiger partial charge < -0.3 is 18.9 Å². The summed E-state index contributed by atoms with van der Waals surface area (Å²) in [6, 6.07) is 9.05. The maximum atomic E-state index is 11.4. The molecule has 0 amide bonds. The Kier molecular flexibility index (Phi) is 7.08. The number of rotatable bonds is 6. The van der Waals surface area contributed by atoms with Crippen LogP contribution in [0.1, 0.15) is 38.8 Å². The van der Waals surface area contributed by atoms with Gasteiger partial charge in [0.25, 0.3) is 0 Å². The monoisotopic (exact) mass is 400 g/mol. The van der Waals surface area contributed by atoms with E-state index in [-0.39, 0.29) is 29.4 Å². The molecule has 0 fully saturated rings. The summed E-state index contributed by atoms with van der Waals surface area (Å²) >= 11 is 0. The predicted molar refractivity (Wildman–Crippen MR) is 101 cm³/mol. The molecule has 2 aromatic rings. The van der Waals surface area contributed by atoms with E-state index >= 15 is 0 Å². The van der Waals surface area contributed by atoms with E-state index in [1.54, 1.807) is 0 Å². The molecule has 8 nitrogen and oxygen atoms in total. The molecule has 0 aromatic heterocycles. The van der Waals surface area contributed by atoms with E-state index < -0.39 is 23.9 Å². The van der Waals surface area contributed by atoms with E-state index in [1.807, 2.05) is 0 Å². The summed E-state index contributed by atoms with van der Waals surface area (Å²) in [6.45, 7) is 5.05. The van der Waals surface area contributed by atoms with E-state index in [9.17, 15) is 19.2 Å². The lowest BCUT2D eigenvalue weighted by atomic mass is 10.0. The third kappa shape index (κ3) is 6.76. The summed E-state index contributed by atoms with van der Waals surface area (Å²) in [5, 5.41) is 0. The van der Waals surface area contributed by atoms with Crippen molar-refractivity contribution in [1.82, 2.24) is 0 Å². The maximum absolute atomic E-state index is 11.4. The van der Waals surface area contributed by atoms with Gasteiger partial charge in [0.1, 0.15) is 23.0 Å². The normalized spacial score (nSPS) is 10.1. The van der Waals surface area contributed by atoms with Crippen LogP contribution in [0.15, 0.2) is 36.4 Å². The zero-order chi connectivity index (χ0) is 21.6. The fourth-order valence-corrected chi connectivity index (χ4v) is 2.56. The van der Waals surface area contributed by atoms with Gasteiger partial charge in [0, 0.05) is 45.2 Å². The number of carbonyl (C=O) groups is 4. The molecule has 2 aromatic carbocycles. The molecule has 0 atom stereocenters. The quantitative estimate of drug-likeness (QED) is 0.538. The molecule has 0 N–H and O–H groups in total. The molecule has 0 spiro atoms. The molecule has 0 unspecified atom stereocenters. The van der Waals surface area contributed by atoms with Crippen molar-refractivity contribution in [3.63, 3.8) is 0 Å². The van der Waals surface area contributed by atoms with E-state index in [2.05, 4.69) is 0 Å². The van der Waals surface area contributed by atoms with Gasteiger partial charge in [-0.15, -0.1) is 0 Å². The molecule has 0 aliphatic rings. The zero-order valence-electron chi connectivity index (χ0n) is 16.4. The summed E-state index contributed by atoms with van der Waals surface area (Å²) < 4.78 is 20.6. The highest BCUT2D eigenvalue weighted by molar-refractivity contribution is 5.73. The lowest BCUT2D eigenvalue weighted by Crippen LogP contribution is -2.08. The Morgan fingerprint density at radius 1 is 0.586 bits per heavy atom. The van der Waals surface area contributed by atoms with E-state index in [0.717, 1.165) is 0 Å². The molecule has 8 heteroatoms. The lowest BCUT2D eigenvalue weighted by molar-refractivity contribution is -0.133. The largest absolute Gasteiger partial charge is 0.427 e. The van der Waals surface area contributed by atoms with Gasteiger partial charge in [-0.05, 0) is 36.4 Å². The first-order chi connectivity index (χ1) is 13.6. The molecule has 0 aliphatic heterocycles. The van der Waals surface area contributed by atoms with Crippen LogP contribution in [-0.4, -0.2) is 23.9 Å². The van der Waals surface area contributed by atoms with Crippen molar-refractivity contribution in [3.8, 4) is 23.0 Å². The molecular formula is C21H20O8. The van der Waals surface area contributed by atoms with E-state index in [1.165, 1.54) is 64.1 Å². The fourth-order valence-electron chi connectivity index (χ4n) is 2.56. The number of carbonyl (C=O) groups excluding carboxylic acids is 4. The van der Waals surface area contributed by atoms with Gasteiger partial charge in [-0.3, -0.25) is 19.2 Å². The number of ether oxygens (including phenoxy) is 4. The van der Waals surface area contributed by atoms with Crippen LogP contribution in [0.4, 0.5) is 0 Å². The average molecular weight is 400 g/mol. The number of hydrogen-bond donors (Lipinski definition) is 0. The van der Waals surface area contributed by atoms with Gasteiger partial charge in [-0.25, -0.2) is 0 Å². The fraction of sp³-hybridized carbons (Fsp3) is 0.238. The van der Waals surface area contributed by atoms with Crippen LogP contribution >= 0.6 is 0 Å². The molecule has 0 heterocycles. The minimum atomic E-state index is -0.527. The summed E-state index contributed by atoms with van der Waals surface area (Å²) in [4.78, 5) is 45.4. The molecule has 152 valence electrons. The van der Waals surface area contributed by atoms with Gasteiger partial charge in [-0.2, -0.15) is 0 Å². The molecule has 0 radical (unpaired) electrons. The number of esters is 4. The lowest BCUT2D eigenvalue weighted by Gasteiger charge is -2.14. The van der Waals surface area contributed by atoms with Gasteiger partial charge in [0.15, 0.2) is 0 Å². The van der Waals surface area contributed by atoms with E-state index in [4.69, 9.17) is 18.9 Å². The second kappa shape index (κ2) is 9.50. The highest BCUT2D eigenvalue weighted by Gasteiger charge is 2.15. The second-order valence-electron chi connectivity index (χ2n) is 6.09. The van der Waals surface area contributed by atoms with E-state index in [0.29, 0.717) is 11.1 Å². The number of benzene rings is 2. The SMILES string of the molecule is CC(=O)Oc1ccc(OC(C)=O)c(Cc2cc(OC(C)=O)ccc2OC(C)=O)c1. The Labute approximate surface area is 167 Å². The first kappa shape index (κ1) is 21.6. The first-order valence-electron chi connectivity index (χ1n) is 8.63. The van der Waals surface area contributed by atoms with Crippen LogP contribution in [0.2, 0.25) is 0 Å². The summed E-state index contributed by atoms with van der Waals surface area (Å²) in [6.07, 6.45) is 0.134. The summed E-state index contributed by atoms with van der Waals surface area (Å²) in [5.41, 5.74) is 0.986. The first-order valence-corrected chi connectivity index (χ1v) is 8.63. The highest BCUT2D eigenvalue weighted by Crippen LogP contribution is 2.32. The third-order valence-electron chi connectivity index (χ3n) is 3.48. The van der Waals surface area contributed by atoms with Crippen LogP contribution in [0, 0.1) is 0 Å². The molecule has 0 saturated heterocycles. The van der Waals surface area contributed by atoms with Crippen molar-refractivity contribution in [2.24, 2.45) is 0 Å². The molecule has 2 rings (SSSR count). The summed E-state index contributed by atoms with van der Waals surface area (Å²) in [7, 11) is 0. The standard InChI is InChI=1S/C21H20O8/c1-12(22)26-18-5-7-20(28-14(3)24)16(10-18)9-17-11-19(27-13(2)23)6-8-21(17)29-15(4)25/h5-8,10-11H,9H2,1-4H3. The maximum Gasteiger partial charge on any atom is 0.308 e. The molecule has 0 aliphatic carbocycles. The Morgan fingerprint density at radius 3 is 1.24 bits per heavy atom. The number of hydrogen-bond acceptors (Lipinski definition) is 8. The van der Waals surface area contributed by atoms with Crippen molar-refractivity contribution in [3.05, 3.63) is 47.5 Å². The van der Waals surface area contributed by atoms with Crippen molar-refractivity contribution >= 4 is 23.9 Å². The van der Waals surface area contributed by atoms with Crippen LogP contribution in [-0.2, 0) is 25.6 Å².